The maximum Gasteiger partial charge on any atom is 0.347 e. The summed E-state index contributed by atoms with van der Waals surface area (Å²) in [5.74, 6) is 0.634. The Bertz CT molecular complexity index is 983. The summed E-state index contributed by atoms with van der Waals surface area (Å²) < 4.78 is 10.5. The minimum Gasteiger partial charge on any atom is -0.476 e. The minimum atomic E-state index is -0.703. The van der Waals surface area contributed by atoms with Crippen LogP contribution in [0.3, 0.4) is 0 Å². The van der Waals surface area contributed by atoms with Gasteiger partial charge in [0.25, 0.3) is 0 Å². The van der Waals surface area contributed by atoms with Crippen LogP contribution in [0.15, 0.2) is 60.9 Å². The number of rotatable bonds is 12. The van der Waals surface area contributed by atoms with E-state index in [1.807, 2.05) is 12.1 Å². The molecule has 0 spiro atoms. The highest BCUT2D eigenvalue weighted by Crippen LogP contribution is 2.24. The van der Waals surface area contributed by atoms with E-state index in [4.69, 9.17) is 9.47 Å². The summed E-state index contributed by atoms with van der Waals surface area (Å²) in [4.78, 5) is 20.5. The van der Waals surface area contributed by atoms with Gasteiger partial charge in [-0.05, 0) is 43.4 Å². The highest BCUT2D eigenvalue weighted by Gasteiger charge is 2.16. The molecule has 0 aliphatic rings. The molecular weight excluding hydrogens is 412 g/mol. The predicted molar refractivity (Wildman–Crippen MR) is 132 cm³/mol. The Morgan fingerprint density at radius 1 is 0.818 bits per heavy atom. The number of esters is 1. The molecule has 0 saturated heterocycles. The quantitative estimate of drug-likeness (QED) is 0.230. The van der Waals surface area contributed by atoms with Crippen molar-refractivity contribution in [1.82, 2.24) is 9.97 Å². The van der Waals surface area contributed by atoms with Crippen LogP contribution in [0, 0.1) is 0 Å². The first-order valence-electron chi connectivity index (χ1n) is 12.0. The maximum absolute atomic E-state index is 11.7. The van der Waals surface area contributed by atoms with Gasteiger partial charge in [0.1, 0.15) is 0 Å². The third-order valence-electron chi connectivity index (χ3n) is 5.56. The van der Waals surface area contributed by atoms with E-state index in [0.717, 1.165) is 17.5 Å². The lowest BCUT2D eigenvalue weighted by molar-refractivity contribution is -0.150. The van der Waals surface area contributed by atoms with Crippen molar-refractivity contribution >= 4 is 5.97 Å². The Hall–Kier alpha value is -3.21. The summed E-state index contributed by atoms with van der Waals surface area (Å²) >= 11 is 0. The molecule has 1 aromatic heterocycles. The van der Waals surface area contributed by atoms with Crippen molar-refractivity contribution in [2.75, 3.05) is 6.61 Å². The molecular formula is C28H34N2O3. The van der Waals surface area contributed by atoms with Gasteiger partial charge >= 0.3 is 5.97 Å². The molecule has 174 valence electrons. The molecule has 1 heterocycles. The number of ether oxygens (including phenoxy) is 2. The molecule has 1 atom stereocenters. The van der Waals surface area contributed by atoms with Crippen molar-refractivity contribution in [3.05, 3.63) is 66.5 Å². The van der Waals surface area contributed by atoms with Gasteiger partial charge in [0, 0.05) is 5.56 Å². The number of unbranched alkanes of at least 4 members (excludes halogenated alkanes) is 4. The Labute approximate surface area is 197 Å². The number of carbonyl (C=O) groups excluding carboxylic acids is 1. The van der Waals surface area contributed by atoms with E-state index < -0.39 is 12.1 Å². The molecule has 0 aliphatic carbocycles. The third kappa shape index (κ3) is 7.41. The SMILES string of the molecule is CCCCCCCc1ccc(-c2ccc(-c3ncc(OC(C)C(=O)OCC)cn3)cc2)cc1. The van der Waals surface area contributed by atoms with Gasteiger partial charge < -0.3 is 9.47 Å². The first kappa shape index (κ1) is 24.4. The zero-order valence-corrected chi connectivity index (χ0v) is 19.9. The van der Waals surface area contributed by atoms with E-state index in [2.05, 4.69) is 53.3 Å². The van der Waals surface area contributed by atoms with Crippen molar-refractivity contribution in [3.63, 3.8) is 0 Å². The smallest absolute Gasteiger partial charge is 0.347 e. The van der Waals surface area contributed by atoms with Crippen LogP contribution in [0.4, 0.5) is 0 Å². The van der Waals surface area contributed by atoms with Gasteiger partial charge in [-0.1, -0.05) is 81.1 Å². The normalized spacial score (nSPS) is 11.7. The molecule has 0 radical (unpaired) electrons. The van der Waals surface area contributed by atoms with Crippen LogP contribution in [-0.2, 0) is 16.0 Å². The second-order valence-corrected chi connectivity index (χ2v) is 8.19. The lowest BCUT2D eigenvalue weighted by Gasteiger charge is -2.12. The van der Waals surface area contributed by atoms with Gasteiger partial charge in [0.2, 0.25) is 0 Å². The van der Waals surface area contributed by atoms with E-state index in [0.29, 0.717) is 18.2 Å². The number of aryl methyl sites for hydroxylation is 1. The molecule has 0 fully saturated rings. The van der Waals surface area contributed by atoms with E-state index >= 15 is 0 Å². The van der Waals surface area contributed by atoms with Crippen molar-refractivity contribution in [2.45, 2.75) is 65.4 Å². The summed E-state index contributed by atoms with van der Waals surface area (Å²) in [7, 11) is 0. The van der Waals surface area contributed by atoms with Gasteiger partial charge in [-0.15, -0.1) is 0 Å². The molecule has 0 amide bonds. The van der Waals surface area contributed by atoms with Crippen molar-refractivity contribution < 1.29 is 14.3 Å². The second-order valence-electron chi connectivity index (χ2n) is 8.19. The molecule has 0 bridgehead atoms. The van der Waals surface area contributed by atoms with Gasteiger partial charge in [0.05, 0.1) is 19.0 Å². The first-order valence-corrected chi connectivity index (χ1v) is 12.0. The fraction of sp³-hybridized carbons (Fsp3) is 0.393. The number of hydrogen-bond donors (Lipinski definition) is 0. The van der Waals surface area contributed by atoms with E-state index in [9.17, 15) is 4.79 Å². The van der Waals surface area contributed by atoms with Crippen molar-refractivity contribution in [2.24, 2.45) is 0 Å². The molecule has 33 heavy (non-hydrogen) atoms. The van der Waals surface area contributed by atoms with Crippen molar-refractivity contribution in [3.8, 4) is 28.3 Å². The number of hydrogen-bond acceptors (Lipinski definition) is 5. The molecule has 5 nitrogen and oxygen atoms in total. The van der Waals surface area contributed by atoms with Crippen LogP contribution < -0.4 is 4.74 Å². The minimum absolute atomic E-state index is 0.321. The summed E-state index contributed by atoms with van der Waals surface area (Å²) in [6, 6.07) is 17.1. The summed E-state index contributed by atoms with van der Waals surface area (Å²) in [5.41, 5.74) is 4.69. The molecule has 3 rings (SSSR count). The van der Waals surface area contributed by atoms with Crippen LogP contribution in [0.25, 0.3) is 22.5 Å². The Balaban J connectivity index is 1.57. The van der Waals surface area contributed by atoms with Crippen LogP contribution in [-0.4, -0.2) is 28.6 Å². The van der Waals surface area contributed by atoms with Gasteiger partial charge in [-0.3, -0.25) is 0 Å². The molecule has 1 unspecified atom stereocenters. The fourth-order valence-corrected chi connectivity index (χ4v) is 3.65. The van der Waals surface area contributed by atoms with Gasteiger partial charge in [-0.2, -0.15) is 0 Å². The Morgan fingerprint density at radius 2 is 1.39 bits per heavy atom. The monoisotopic (exact) mass is 446 g/mol. The molecule has 5 heteroatoms. The van der Waals surface area contributed by atoms with Crippen LogP contribution in [0.5, 0.6) is 5.75 Å². The molecule has 2 aromatic carbocycles. The highest BCUT2D eigenvalue weighted by atomic mass is 16.6. The van der Waals surface area contributed by atoms with Gasteiger partial charge in [-0.25, -0.2) is 14.8 Å². The van der Waals surface area contributed by atoms with Crippen LogP contribution in [0.2, 0.25) is 0 Å². The Morgan fingerprint density at radius 3 is 2.00 bits per heavy atom. The summed E-state index contributed by atoms with van der Waals surface area (Å²) in [6.45, 7) is 5.98. The summed E-state index contributed by atoms with van der Waals surface area (Å²) in [5, 5.41) is 0. The van der Waals surface area contributed by atoms with Crippen LogP contribution in [0.1, 0.15) is 58.4 Å². The highest BCUT2D eigenvalue weighted by molar-refractivity contribution is 5.74. The number of benzene rings is 2. The molecule has 0 aliphatic heterocycles. The number of aromatic nitrogens is 2. The molecule has 0 N–H and O–H groups in total. The largest absolute Gasteiger partial charge is 0.476 e. The lowest BCUT2D eigenvalue weighted by Crippen LogP contribution is -2.26. The topological polar surface area (TPSA) is 61.3 Å². The predicted octanol–water partition coefficient (Wildman–Crippen LogP) is 6.65. The molecule has 0 saturated carbocycles. The summed E-state index contributed by atoms with van der Waals surface area (Å²) in [6.07, 6.45) is 10.1. The zero-order chi connectivity index (χ0) is 23.5. The Kier molecular flexibility index (Phi) is 9.43. The van der Waals surface area contributed by atoms with E-state index in [-0.39, 0.29) is 0 Å². The fourth-order valence-electron chi connectivity index (χ4n) is 3.65. The van der Waals surface area contributed by atoms with Crippen LogP contribution >= 0.6 is 0 Å². The van der Waals surface area contributed by atoms with Gasteiger partial charge in [0.15, 0.2) is 17.7 Å². The standard InChI is InChI=1S/C28H34N2O3/c1-4-6-7-8-9-10-22-11-13-23(14-12-22)24-15-17-25(18-16-24)27-29-19-26(20-30-27)33-21(3)28(31)32-5-2/h11-21H,4-10H2,1-3H3. The average molecular weight is 447 g/mol. The second kappa shape index (κ2) is 12.7. The molecule has 3 aromatic rings. The first-order chi connectivity index (χ1) is 16.1. The lowest BCUT2D eigenvalue weighted by atomic mass is 10.00. The van der Waals surface area contributed by atoms with E-state index in [1.54, 1.807) is 26.2 Å². The number of nitrogens with zero attached hydrogens (tertiary/aromatic N) is 2. The number of carbonyl (C=O) groups is 1. The van der Waals surface area contributed by atoms with Crippen molar-refractivity contribution in [1.29, 1.82) is 0 Å². The average Bonchev–Trinajstić information content (AvgIpc) is 2.85. The maximum atomic E-state index is 11.7. The zero-order valence-electron chi connectivity index (χ0n) is 19.9. The van der Waals surface area contributed by atoms with E-state index in [1.165, 1.54) is 43.2 Å². The third-order valence-corrected chi connectivity index (χ3v) is 5.56.